The molecule has 5 fully saturated rings. The van der Waals surface area contributed by atoms with E-state index in [1.54, 1.807) is 4.90 Å². The first-order valence-corrected chi connectivity index (χ1v) is 7.07. The monoisotopic (exact) mass is 233 g/mol. The SMILES string of the molecule is O=C1CCC(=O)N1C1C2CC3CC(C2)CC1C3. The minimum atomic E-state index is 0.104. The molecule has 0 atom stereocenters. The van der Waals surface area contributed by atoms with Gasteiger partial charge in [0.15, 0.2) is 0 Å². The molecule has 17 heavy (non-hydrogen) atoms. The molecule has 3 nitrogen and oxygen atoms in total. The van der Waals surface area contributed by atoms with Crippen molar-refractivity contribution >= 4 is 11.8 Å². The van der Waals surface area contributed by atoms with E-state index in [4.69, 9.17) is 0 Å². The zero-order valence-corrected chi connectivity index (χ0v) is 10.1. The Morgan fingerprint density at radius 3 is 1.71 bits per heavy atom. The van der Waals surface area contributed by atoms with Crippen LogP contribution in [0.3, 0.4) is 0 Å². The van der Waals surface area contributed by atoms with Crippen LogP contribution in [0.5, 0.6) is 0 Å². The fourth-order valence-corrected chi connectivity index (χ4v) is 5.24. The van der Waals surface area contributed by atoms with Crippen molar-refractivity contribution in [2.75, 3.05) is 0 Å². The summed E-state index contributed by atoms with van der Waals surface area (Å²) >= 11 is 0. The Labute approximate surface area is 102 Å². The van der Waals surface area contributed by atoms with Crippen LogP contribution >= 0.6 is 0 Å². The van der Waals surface area contributed by atoms with E-state index >= 15 is 0 Å². The normalized spacial score (nSPS) is 48.2. The molecule has 1 heterocycles. The Kier molecular flexibility index (Phi) is 1.98. The number of carbonyl (C=O) groups excluding carboxylic acids is 2. The number of hydrogen-bond donors (Lipinski definition) is 0. The molecule has 5 rings (SSSR count). The van der Waals surface area contributed by atoms with Gasteiger partial charge in [0.05, 0.1) is 0 Å². The Balaban J connectivity index is 1.66. The largest absolute Gasteiger partial charge is 0.279 e. The second-order valence-corrected chi connectivity index (χ2v) is 6.58. The van der Waals surface area contributed by atoms with Crippen LogP contribution in [0.25, 0.3) is 0 Å². The van der Waals surface area contributed by atoms with E-state index in [9.17, 15) is 9.59 Å². The minimum Gasteiger partial charge on any atom is -0.279 e. The second-order valence-electron chi connectivity index (χ2n) is 6.58. The van der Waals surface area contributed by atoms with Crippen LogP contribution in [0, 0.1) is 23.7 Å². The van der Waals surface area contributed by atoms with Crippen LogP contribution in [0.1, 0.15) is 44.9 Å². The van der Waals surface area contributed by atoms with Crippen LogP contribution in [-0.4, -0.2) is 22.8 Å². The van der Waals surface area contributed by atoms with E-state index in [1.165, 1.54) is 32.1 Å². The molecule has 0 aromatic heterocycles. The quantitative estimate of drug-likeness (QED) is 0.649. The van der Waals surface area contributed by atoms with Crippen LogP contribution in [0.4, 0.5) is 0 Å². The summed E-state index contributed by atoms with van der Waals surface area (Å²) in [5, 5.41) is 0. The standard InChI is InChI=1S/C14H19NO2/c16-12-1-2-13(17)15(12)14-10-4-8-3-9(6-10)7-11(14)5-8/h8-11,14H,1-7H2. The number of imide groups is 1. The van der Waals surface area contributed by atoms with Gasteiger partial charge < -0.3 is 0 Å². The predicted octanol–water partition coefficient (Wildman–Crippen LogP) is 1.96. The average Bonchev–Trinajstić information content (AvgIpc) is 2.59. The van der Waals surface area contributed by atoms with Gasteiger partial charge in [0.2, 0.25) is 11.8 Å². The maximum Gasteiger partial charge on any atom is 0.229 e. The lowest BCUT2D eigenvalue weighted by Crippen LogP contribution is -2.57. The number of carbonyl (C=O) groups is 2. The molecule has 2 amide bonds. The van der Waals surface area contributed by atoms with Crippen LogP contribution in [0.15, 0.2) is 0 Å². The van der Waals surface area contributed by atoms with E-state index in [1.807, 2.05) is 0 Å². The fourth-order valence-electron chi connectivity index (χ4n) is 5.24. The third-order valence-electron chi connectivity index (χ3n) is 5.57. The van der Waals surface area contributed by atoms with Crippen molar-refractivity contribution in [1.29, 1.82) is 0 Å². The van der Waals surface area contributed by atoms with Crippen LogP contribution in [-0.2, 0) is 9.59 Å². The van der Waals surface area contributed by atoms with E-state index in [0.717, 1.165) is 11.8 Å². The van der Waals surface area contributed by atoms with Crippen LogP contribution < -0.4 is 0 Å². The highest BCUT2D eigenvalue weighted by Gasteiger charge is 2.53. The summed E-state index contributed by atoms with van der Waals surface area (Å²) in [6.07, 6.45) is 7.43. The number of nitrogens with zero attached hydrogens (tertiary/aromatic N) is 1. The topological polar surface area (TPSA) is 37.4 Å². The zero-order chi connectivity index (χ0) is 11.6. The lowest BCUT2D eigenvalue weighted by atomic mass is 9.54. The molecule has 0 unspecified atom stereocenters. The summed E-state index contributed by atoms with van der Waals surface area (Å²) in [6.45, 7) is 0. The third-order valence-corrected chi connectivity index (χ3v) is 5.57. The average molecular weight is 233 g/mol. The highest BCUT2D eigenvalue weighted by atomic mass is 16.2. The van der Waals surface area contributed by atoms with Gasteiger partial charge in [-0.15, -0.1) is 0 Å². The van der Waals surface area contributed by atoms with E-state index < -0.39 is 0 Å². The maximum absolute atomic E-state index is 11.9. The molecular weight excluding hydrogens is 214 g/mol. The first kappa shape index (κ1) is 10.1. The molecule has 1 aliphatic heterocycles. The maximum atomic E-state index is 11.9. The van der Waals surface area contributed by atoms with Crippen LogP contribution in [0.2, 0.25) is 0 Å². The molecule has 4 saturated carbocycles. The lowest BCUT2D eigenvalue weighted by Gasteiger charge is -2.56. The van der Waals surface area contributed by atoms with Gasteiger partial charge in [-0.3, -0.25) is 14.5 Å². The molecule has 0 aromatic carbocycles. The Bertz CT molecular complexity index is 346. The second kappa shape index (κ2) is 3.33. The van der Waals surface area contributed by atoms with Crippen molar-refractivity contribution in [3.63, 3.8) is 0 Å². The van der Waals surface area contributed by atoms with E-state index in [2.05, 4.69) is 0 Å². The molecule has 4 bridgehead atoms. The van der Waals surface area contributed by atoms with Gasteiger partial charge in [-0.2, -0.15) is 0 Å². The Morgan fingerprint density at radius 1 is 0.765 bits per heavy atom. The lowest BCUT2D eigenvalue weighted by molar-refractivity contribution is -0.151. The molecule has 0 aromatic rings. The van der Waals surface area contributed by atoms with Crippen molar-refractivity contribution in [1.82, 2.24) is 4.90 Å². The van der Waals surface area contributed by atoms with Gasteiger partial charge in [-0.1, -0.05) is 0 Å². The number of hydrogen-bond acceptors (Lipinski definition) is 2. The molecule has 92 valence electrons. The van der Waals surface area contributed by atoms with Crippen molar-refractivity contribution in [3.8, 4) is 0 Å². The Hall–Kier alpha value is -0.860. The first-order chi connectivity index (χ1) is 8.22. The number of likely N-dealkylation sites (tertiary alicyclic amines) is 1. The predicted molar refractivity (Wildman–Crippen MR) is 61.9 cm³/mol. The van der Waals surface area contributed by atoms with Gasteiger partial charge in [0.1, 0.15) is 0 Å². The third kappa shape index (κ3) is 1.34. The summed E-state index contributed by atoms with van der Waals surface area (Å²) in [5.74, 6) is 3.29. The molecule has 0 radical (unpaired) electrons. The highest BCUT2D eigenvalue weighted by molar-refractivity contribution is 6.02. The van der Waals surface area contributed by atoms with Gasteiger partial charge in [0.25, 0.3) is 0 Å². The van der Waals surface area contributed by atoms with Gasteiger partial charge in [0, 0.05) is 18.9 Å². The van der Waals surface area contributed by atoms with E-state index in [-0.39, 0.29) is 17.9 Å². The number of rotatable bonds is 1. The molecule has 1 saturated heterocycles. The summed E-state index contributed by atoms with van der Waals surface area (Å²) < 4.78 is 0. The molecule has 0 spiro atoms. The zero-order valence-electron chi connectivity index (χ0n) is 10.1. The fraction of sp³-hybridized carbons (Fsp3) is 0.857. The van der Waals surface area contributed by atoms with Gasteiger partial charge >= 0.3 is 0 Å². The molecule has 0 N–H and O–H groups in total. The molecule has 3 heteroatoms. The van der Waals surface area contributed by atoms with Crippen molar-refractivity contribution < 1.29 is 9.59 Å². The minimum absolute atomic E-state index is 0.104. The van der Waals surface area contributed by atoms with Crippen molar-refractivity contribution in [2.45, 2.75) is 51.0 Å². The summed E-state index contributed by atoms with van der Waals surface area (Å²) in [5.41, 5.74) is 0. The summed E-state index contributed by atoms with van der Waals surface area (Å²) in [6, 6.07) is 0.283. The number of amides is 2. The first-order valence-electron chi connectivity index (χ1n) is 7.07. The summed E-state index contributed by atoms with van der Waals surface area (Å²) in [7, 11) is 0. The highest BCUT2D eigenvalue weighted by Crippen LogP contribution is 2.55. The Morgan fingerprint density at radius 2 is 1.24 bits per heavy atom. The van der Waals surface area contributed by atoms with Crippen molar-refractivity contribution in [3.05, 3.63) is 0 Å². The molecule has 4 aliphatic carbocycles. The van der Waals surface area contributed by atoms with E-state index in [0.29, 0.717) is 24.7 Å². The van der Waals surface area contributed by atoms with Gasteiger partial charge in [-0.25, -0.2) is 0 Å². The molecule has 5 aliphatic rings. The van der Waals surface area contributed by atoms with Gasteiger partial charge in [-0.05, 0) is 55.8 Å². The molecular formula is C14H19NO2. The summed E-state index contributed by atoms with van der Waals surface area (Å²) in [4.78, 5) is 25.5. The smallest absolute Gasteiger partial charge is 0.229 e. The van der Waals surface area contributed by atoms with Crippen molar-refractivity contribution in [2.24, 2.45) is 23.7 Å².